The number of aromatic nitrogens is 1. The molecular weight excluding hydrogens is 454 g/mol. The van der Waals surface area contributed by atoms with Gasteiger partial charge in [-0.15, -0.1) is 23.1 Å². The van der Waals surface area contributed by atoms with Crippen LogP contribution in [0.25, 0.3) is 0 Å². The number of carboxylic acids is 1. The van der Waals surface area contributed by atoms with Gasteiger partial charge in [0.25, 0.3) is 11.8 Å². The van der Waals surface area contributed by atoms with Crippen LogP contribution in [0.15, 0.2) is 21.8 Å². The average molecular weight is 471 g/mol. The van der Waals surface area contributed by atoms with Crippen molar-refractivity contribution < 1.29 is 39.1 Å². The van der Waals surface area contributed by atoms with Gasteiger partial charge in [-0.2, -0.15) is 4.73 Å². The van der Waals surface area contributed by atoms with Crippen molar-refractivity contribution in [2.45, 2.75) is 18.3 Å². The number of β-lactam (4-membered cyclic amide) rings is 1. The molecule has 13 nitrogen and oxygen atoms in total. The molecule has 0 aliphatic carbocycles. The number of thiazole rings is 1. The molecule has 0 radical (unpaired) electrons. The lowest BCUT2D eigenvalue weighted by molar-refractivity contribution is -0.150. The highest BCUT2D eigenvalue weighted by atomic mass is 32.2. The van der Waals surface area contributed by atoms with E-state index in [0.717, 1.165) is 16.2 Å². The summed E-state index contributed by atoms with van der Waals surface area (Å²) in [5.74, 6) is -3.27. The number of hydrogen-bond acceptors (Lipinski definition) is 11. The molecule has 1 aromatic rings. The molecule has 31 heavy (non-hydrogen) atoms. The van der Waals surface area contributed by atoms with Crippen LogP contribution >= 0.6 is 23.1 Å². The van der Waals surface area contributed by atoms with Crippen molar-refractivity contribution >= 4 is 52.6 Å². The molecule has 2 aliphatic rings. The normalized spacial score (nSPS) is 20.6. The van der Waals surface area contributed by atoms with Gasteiger partial charge in [-0.1, -0.05) is 5.16 Å². The lowest BCUT2D eigenvalue weighted by Crippen LogP contribution is -2.71. The van der Waals surface area contributed by atoms with Crippen LogP contribution in [-0.2, 0) is 28.8 Å². The molecule has 1 saturated heterocycles. The Kier molecular flexibility index (Phi) is 6.35. The number of carbonyl (C=O) groups excluding carboxylic acids is 3. The zero-order valence-electron chi connectivity index (χ0n) is 16.1. The third-order valence-corrected chi connectivity index (χ3v) is 6.41. The van der Waals surface area contributed by atoms with E-state index in [1.807, 2.05) is 0 Å². The molecule has 0 saturated carbocycles. The minimum atomic E-state index is -1.35. The zero-order valence-corrected chi connectivity index (χ0v) is 17.8. The highest BCUT2D eigenvalue weighted by Gasteiger charge is 2.54. The lowest BCUT2D eigenvalue weighted by Gasteiger charge is -2.49. The molecule has 4 N–H and O–H groups in total. The SMILES string of the molecule is CON=C(C(=O)N[C@@H]1C(=O)N2C(C(=O)O)=C(COC(C)=O)CS[C@@H]12)c1csc(=N)n1O. The van der Waals surface area contributed by atoms with Crippen molar-refractivity contribution in [1.29, 1.82) is 5.41 Å². The van der Waals surface area contributed by atoms with Crippen molar-refractivity contribution in [3.05, 3.63) is 27.1 Å². The number of carbonyl (C=O) groups is 4. The first-order chi connectivity index (χ1) is 14.7. The second kappa shape index (κ2) is 8.81. The Morgan fingerprint density at radius 2 is 2.13 bits per heavy atom. The maximum Gasteiger partial charge on any atom is 0.352 e. The van der Waals surface area contributed by atoms with E-state index in [-0.39, 0.29) is 39.8 Å². The van der Waals surface area contributed by atoms with Crippen molar-refractivity contribution in [1.82, 2.24) is 14.9 Å². The summed E-state index contributed by atoms with van der Waals surface area (Å²) in [4.78, 5) is 53.5. The molecule has 1 aromatic heterocycles. The zero-order chi connectivity index (χ0) is 22.9. The first kappa shape index (κ1) is 22.4. The fourth-order valence-electron chi connectivity index (χ4n) is 2.97. The molecule has 1 fully saturated rings. The van der Waals surface area contributed by atoms with E-state index in [1.54, 1.807) is 0 Å². The largest absolute Gasteiger partial charge is 0.477 e. The Hall–Kier alpha value is -3.33. The third-order valence-electron chi connectivity index (χ3n) is 4.33. The topological polar surface area (TPSA) is 184 Å². The van der Waals surface area contributed by atoms with Crippen LogP contribution in [0.4, 0.5) is 0 Å². The monoisotopic (exact) mass is 471 g/mol. The average Bonchev–Trinajstić information content (AvgIpc) is 3.05. The number of thioether (sulfide) groups is 1. The van der Waals surface area contributed by atoms with Gasteiger partial charge in [0, 0.05) is 23.6 Å². The Bertz CT molecular complexity index is 1070. The van der Waals surface area contributed by atoms with E-state index in [9.17, 15) is 29.5 Å². The molecule has 0 bridgehead atoms. The van der Waals surface area contributed by atoms with Crippen LogP contribution in [0.3, 0.4) is 0 Å². The number of carboxylic acid groups (broad SMARTS) is 1. The Morgan fingerprint density at radius 1 is 1.42 bits per heavy atom. The molecule has 166 valence electrons. The molecule has 3 rings (SSSR count). The first-order valence-corrected chi connectivity index (χ1v) is 10.5. The number of aliphatic carboxylic acids is 1. The van der Waals surface area contributed by atoms with Gasteiger partial charge in [-0.3, -0.25) is 24.7 Å². The molecule has 0 unspecified atom stereocenters. The minimum absolute atomic E-state index is 0.107. The number of hydrogen-bond donors (Lipinski definition) is 4. The van der Waals surface area contributed by atoms with Gasteiger partial charge in [0.05, 0.1) is 0 Å². The summed E-state index contributed by atoms with van der Waals surface area (Å²) in [6, 6.07) is -1.05. The second-order valence-electron chi connectivity index (χ2n) is 6.26. The standard InChI is InChI=1S/C16H17N5O8S2/c1-6(22)29-3-7-4-30-14-10(13(24)20(14)11(7)15(25)26)18-12(23)9(19-28-2)8-5-31-16(17)21(8)27/h5,10,14,17,27H,3-4H2,1-2H3,(H,18,23)(H,25,26)/t10-,14+/m1/s1. The minimum Gasteiger partial charge on any atom is -0.477 e. The third kappa shape index (κ3) is 4.13. The Morgan fingerprint density at radius 3 is 2.68 bits per heavy atom. The van der Waals surface area contributed by atoms with Gasteiger partial charge < -0.3 is 25.2 Å². The van der Waals surface area contributed by atoms with Crippen molar-refractivity contribution in [3.63, 3.8) is 0 Å². The highest BCUT2D eigenvalue weighted by Crippen LogP contribution is 2.40. The fourth-order valence-corrected chi connectivity index (χ4v) is 4.93. The van der Waals surface area contributed by atoms with Crippen LogP contribution in [-0.4, -0.2) is 80.3 Å². The molecule has 2 amide bonds. The van der Waals surface area contributed by atoms with Gasteiger partial charge in [0.1, 0.15) is 36.5 Å². The van der Waals surface area contributed by atoms with E-state index in [1.165, 1.54) is 31.2 Å². The predicted molar refractivity (Wildman–Crippen MR) is 105 cm³/mol. The summed E-state index contributed by atoms with van der Waals surface area (Å²) < 4.78 is 5.31. The van der Waals surface area contributed by atoms with E-state index in [0.29, 0.717) is 4.73 Å². The number of fused-ring (bicyclic) bond motifs is 1. The number of nitrogens with zero attached hydrogens (tertiary/aromatic N) is 3. The van der Waals surface area contributed by atoms with E-state index >= 15 is 0 Å². The van der Waals surface area contributed by atoms with Gasteiger partial charge >= 0.3 is 11.9 Å². The lowest BCUT2D eigenvalue weighted by atomic mass is 10.0. The molecule has 3 heterocycles. The number of rotatable bonds is 7. The predicted octanol–water partition coefficient (Wildman–Crippen LogP) is -1.08. The van der Waals surface area contributed by atoms with Crippen LogP contribution in [0, 0.1) is 5.41 Å². The summed E-state index contributed by atoms with van der Waals surface area (Å²) in [5.41, 5.74) is -0.483. The number of esters is 1. The summed E-state index contributed by atoms with van der Waals surface area (Å²) >= 11 is 2.05. The number of nitrogens with one attached hydrogen (secondary N) is 2. The smallest absolute Gasteiger partial charge is 0.352 e. The van der Waals surface area contributed by atoms with Crippen LogP contribution in [0.5, 0.6) is 0 Å². The number of oxime groups is 1. The fraction of sp³-hybridized carbons (Fsp3) is 0.375. The van der Waals surface area contributed by atoms with Gasteiger partial charge in [-0.05, 0) is 0 Å². The second-order valence-corrected chi connectivity index (χ2v) is 8.22. The molecule has 15 heteroatoms. The van der Waals surface area contributed by atoms with E-state index in [2.05, 4.69) is 15.3 Å². The Balaban J connectivity index is 1.80. The molecule has 2 aliphatic heterocycles. The number of ether oxygens (including phenoxy) is 1. The highest BCUT2D eigenvalue weighted by molar-refractivity contribution is 8.00. The summed E-state index contributed by atoms with van der Waals surface area (Å²) in [5, 5.41) is 33.6. The molecule has 2 atom stereocenters. The molecule has 0 aromatic carbocycles. The van der Waals surface area contributed by atoms with Crippen molar-refractivity contribution in [2.24, 2.45) is 5.16 Å². The van der Waals surface area contributed by atoms with Gasteiger partial charge in [-0.25, -0.2) is 4.79 Å². The molecule has 0 spiro atoms. The van der Waals surface area contributed by atoms with Gasteiger partial charge in [0.2, 0.25) is 4.80 Å². The summed E-state index contributed by atoms with van der Waals surface area (Å²) in [6.45, 7) is 0.929. The van der Waals surface area contributed by atoms with E-state index in [4.69, 9.17) is 10.1 Å². The van der Waals surface area contributed by atoms with E-state index < -0.39 is 35.2 Å². The summed E-state index contributed by atoms with van der Waals surface area (Å²) in [7, 11) is 1.19. The quantitative estimate of drug-likeness (QED) is 0.126. The molecular formula is C16H17N5O8S2. The van der Waals surface area contributed by atoms with Crippen molar-refractivity contribution in [2.75, 3.05) is 19.5 Å². The van der Waals surface area contributed by atoms with Crippen LogP contribution < -0.4 is 10.1 Å². The maximum atomic E-state index is 12.7. The van der Waals surface area contributed by atoms with Gasteiger partial charge in [0.15, 0.2) is 5.71 Å². The maximum absolute atomic E-state index is 12.7. The summed E-state index contributed by atoms with van der Waals surface area (Å²) in [6.07, 6.45) is 0. The van der Waals surface area contributed by atoms with Crippen molar-refractivity contribution in [3.8, 4) is 0 Å². The van der Waals surface area contributed by atoms with Crippen LogP contribution in [0.1, 0.15) is 12.6 Å². The number of amides is 2. The first-order valence-electron chi connectivity index (χ1n) is 8.57. The van der Waals surface area contributed by atoms with Crippen LogP contribution in [0.2, 0.25) is 0 Å². The Labute approximate surface area is 182 Å².